The van der Waals surface area contributed by atoms with E-state index in [1.165, 1.54) is 18.4 Å². The Morgan fingerprint density at radius 1 is 1.35 bits per heavy atom. The van der Waals surface area contributed by atoms with Crippen LogP contribution >= 0.6 is 0 Å². The summed E-state index contributed by atoms with van der Waals surface area (Å²) in [5.74, 6) is -0.0372. The van der Waals surface area contributed by atoms with Gasteiger partial charge in [-0.3, -0.25) is 9.89 Å². The molecule has 0 aliphatic heterocycles. The number of phenols is 1. The molecule has 1 heterocycles. The van der Waals surface area contributed by atoms with Gasteiger partial charge in [0.2, 0.25) is 0 Å². The van der Waals surface area contributed by atoms with Gasteiger partial charge in [0.25, 0.3) is 5.91 Å². The number of aromatic amines is 1. The van der Waals surface area contributed by atoms with Gasteiger partial charge >= 0.3 is 0 Å². The molecule has 1 atom stereocenters. The van der Waals surface area contributed by atoms with Crippen LogP contribution in [0, 0.1) is 0 Å². The molecule has 5 heteroatoms. The Hall–Kier alpha value is -2.56. The van der Waals surface area contributed by atoms with E-state index in [1.807, 2.05) is 13.0 Å². The molecule has 1 aliphatic carbocycles. The summed E-state index contributed by atoms with van der Waals surface area (Å²) in [6.45, 7) is 2.01. The smallest absolute Gasteiger partial charge is 0.269 e. The second-order valence-electron chi connectivity index (χ2n) is 5.90. The van der Waals surface area contributed by atoms with Crippen LogP contribution in [0.3, 0.4) is 0 Å². The lowest BCUT2D eigenvalue weighted by Gasteiger charge is -2.20. The van der Waals surface area contributed by atoms with Crippen LogP contribution in [-0.4, -0.2) is 27.3 Å². The summed E-state index contributed by atoms with van der Waals surface area (Å²) >= 11 is 0. The average molecular weight is 311 g/mol. The first kappa shape index (κ1) is 15.3. The second kappa shape index (κ2) is 6.69. The Morgan fingerprint density at radius 2 is 2.17 bits per heavy atom. The number of rotatable bonds is 4. The number of hydrogen-bond acceptors (Lipinski definition) is 3. The van der Waals surface area contributed by atoms with Crippen molar-refractivity contribution in [2.24, 2.45) is 0 Å². The van der Waals surface area contributed by atoms with Gasteiger partial charge in [0.15, 0.2) is 0 Å². The molecule has 1 aromatic carbocycles. The van der Waals surface area contributed by atoms with Gasteiger partial charge in [-0.05, 0) is 50.8 Å². The Bertz CT molecular complexity index is 733. The molecule has 0 spiro atoms. The molecule has 120 valence electrons. The minimum atomic E-state index is -0.182. The van der Waals surface area contributed by atoms with Gasteiger partial charge in [-0.1, -0.05) is 23.8 Å². The van der Waals surface area contributed by atoms with Gasteiger partial charge in [-0.2, -0.15) is 5.10 Å². The van der Waals surface area contributed by atoms with Crippen molar-refractivity contribution < 1.29 is 9.90 Å². The number of allylic oxidation sites excluding steroid dienone is 1. The molecule has 0 saturated carbocycles. The van der Waals surface area contributed by atoms with E-state index >= 15 is 0 Å². The van der Waals surface area contributed by atoms with Crippen LogP contribution in [0.5, 0.6) is 5.75 Å². The van der Waals surface area contributed by atoms with E-state index in [0.29, 0.717) is 17.0 Å². The number of nitrogens with one attached hydrogen (secondary N) is 2. The Kier molecular flexibility index (Phi) is 4.46. The average Bonchev–Trinajstić information content (AvgIpc) is 3.06. The Balaban J connectivity index is 1.71. The standard InChI is InChI=1S/C18H21N3O2/c1-12(13-7-3-2-4-8-13)19-18(23)16-11-15(20-21-16)14-9-5-6-10-17(14)22/h5-7,9-12,22H,2-4,8H2,1H3,(H,19,23)(H,20,21). The lowest BCUT2D eigenvalue weighted by Crippen LogP contribution is -2.34. The molecule has 1 aliphatic rings. The highest BCUT2D eigenvalue weighted by Gasteiger charge is 2.17. The fourth-order valence-electron chi connectivity index (χ4n) is 2.89. The van der Waals surface area contributed by atoms with Crippen molar-refractivity contribution >= 4 is 5.91 Å². The highest BCUT2D eigenvalue weighted by atomic mass is 16.3. The summed E-state index contributed by atoms with van der Waals surface area (Å²) in [4.78, 5) is 12.4. The maximum Gasteiger partial charge on any atom is 0.269 e. The van der Waals surface area contributed by atoms with Crippen LogP contribution in [0.4, 0.5) is 0 Å². The van der Waals surface area contributed by atoms with Crippen LogP contribution in [0.25, 0.3) is 11.3 Å². The SMILES string of the molecule is CC(NC(=O)c1cc(-c2ccccc2O)n[nH]1)C1=CCCCC1. The van der Waals surface area contributed by atoms with Gasteiger partial charge in [0.05, 0.1) is 5.69 Å². The summed E-state index contributed by atoms with van der Waals surface area (Å²) < 4.78 is 0. The number of H-pyrrole nitrogens is 1. The molecular weight excluding hydrogens is 290 g/mol. The summed E-state index contributed by atoms with van der Waals surface area (Å²) in [6, 6.07) is 8.62. The normalized spacial score (nSPS) is 15.8. The van der Waals surface area contributed by atoms with E-state index in [1.54, 1.807) is 24.3 Å². The van der Waals surface area contributed by atoms with Gasteiger partial charge in [0, 0.05) is 11.6 Å². The fourth-order valence-corrected chi connectivity index (χ4v) is 2.89. The lowest BCUT2D eigenvalue weighted by atomic mass is 9.95. The second-order valence-corrected chi connectivity index (χ2v) is 5.90. The zero-order valence-corrected chi connectivity index (χ0v) is 13.2. The van der Waals surface area contributed by atoms with Crippen molar-refractivity contribution in [2.45, 2.75) is 38.6 Å². The molecule has 0 bridgehead atoms. The van der Waals surface area contributed by atoms with E-state index in [0.717, 1.165) is 12.8 Å². The number of phenolic OH excluding ortho intramolecular Hbond substituents is 1. The molecule has 0 radical (unpaired) electrons. The van der Waals surface area contributed by atoms with Gasteiger partial charge in [0.1, 0.15) is 11.4 Å². The van der Waals surface area contributed by atoms with Crippen molar-refractivity contribution in [2.75, 3.05) is 0 Å². The van der Waals surface area contributed by atoms with Crippen LogP contribution in [0.1, 0.15) is 43.1 Å². The van der Waals surface area contributed by atoms with Crippen molar-refractivity contribution in [1.29, 1.82) is 0 Å². The number of aromatic nitrogens is 2. The monoisotopic (exact) mass is 311 g/mol. The molecule has 3 rings (SSSR count). The third-order valence-electron chi connectivity index (χ3n) is 4.23. The molecule has 0 saturated heterocycles. The minimum Gasteiger partial charge on any atom is -0.507 e. The van der Waals surface area contributed by atoms with Crippen LogP contribution in [-0.2, 0) is 0 Å². The third-order valence-corrected chi connectivity index (χ3v) is 4.23. The number of amides is 1. The maximum atomic E-state index is 12.4. The first-order valence-electron chi connectivity index (χ1n) is 7.98. The molecular formula is C18H21N3O2. The van der Waals surface area contributed by atoms with E-state index in [2.05, 4.69) is 21.6 Å². The Morgan fingerprint density at radius 3 is 2.91 bits per heavy atom. The number of carbonyl (C=O) groups is 1. The zero-order valence-electron chi connectivity index (χ0n) is 13.2. The van der Waals surface area contributed by atoms with Crippen molar-refractivity contribution in [3.05, 3.63) is 47.7 Å². The lowest BCUT2D eigenvalue weighted by molar-refractivity contribution is 0.0939. The van der Waals surface area contributed by atoms with Crippen molar-refractivity contribution in [3.8, 4) is 17.0 Å². The van der Waals surface area contributed by atoms with E-state index < -0.39 is 0 Å². The summed E-state index contributed by atoms with van der Waals surface area (Å²) in [6.07, 6.45) is 6.79. The maximum absolute atomic E-state index is 12.4. The number of hydrogen-bond donors (Lipinski definition) is 3. The number of nitrogens with zero attached hydrogens (tertiary/aromatic N) is 1. The number of carbonyl (C=O) groups excluding carboxylic acids is 1. The third kappa shape index (κ3) is 3.44. The van der Waals surface area contributed by atoms with E-state index in [4.69, 9.17) is 0 Å². The van der Waals surface area contributed by atoms with Crippen LogP contribution < -0.4 is 5.32 Å². The van der Waals surface area contributed by atoms with E-state index in [-0.39, 0.29) is 17.7 Å². The number of para-hydroxylation sites is 1. The molecule has 5 nitrogen and oxygen atoms in total. The summed E-state index contributed by atoms with van der Waals surface area (Å²) in [5.41, 5.74) is 2.85. The predicted octanol–water partition coefficient (Wildman–Crippen LogP) is 3.40. The summed E-state index contributed by atoms with van der Waals surface area (Å²) in [7, 11) is 0. The quantitative estimate of drug-likeness (QED) is 0.757. The van der Waals surface area contributed by atoms with Gasteiger partial charge < -0.3 is 10.4 Å². The topological polar surface area (TPSA) is 78.0 Å². The highest BCUT2D eigenvalue weighted by molar-refractivity contribution is 5.93. The molecule has 2 aromatic rings. The fraction of sp³-hybridized carbons (Fsp3) is 0.333. The number of benzene rings is 1. The zero-order chi connectivity index (χ0) is 16.2. The summed E-state index contributed by atoms with van der Waals surface area (Å²) in [5, 5.41) is 19.7. The molecule has 1 aromatic heterocycles. The highest BCUT2D eigenvalue weighted by Crippen LogP contribution is 2.27. The molecule has 23 heavy (non-hydrogen) atoms. The first-order chi connectivity index (χ1) is 11.1. The molecule has 3 N–H and O–H groups in total. The minimum absolute atomic E-state index is 0.0275. The predicted molar refractivity (Wildman–Crippen MR) is 89.2 cm³/mol. The van der Waals surface area contributed by atoms with Crippen molar-refractivity contribution in [3.63, 3.8) is 0 Å². The van der Waals surface area contributed by atoms with Crippen LogP contribution in [0.15, 0.2) is 42.0 Å². The van der Waals surface area contributed by atoms with Crippen molar-refractivity contribution in [1.82, 2.24) is 15.5 Å². The Labute approximate surface area is 135 Å². The largest absolute Gasteiger partial charge is 0.507 e. The van der Waals surface area contributed by atoms with Gasteiger partial charge in [-0.25, -0.2) is 0 Å². The molecule has 1 amide bonds. The van der Waals surface area contributed by atoms with Crippen LogP contribution in [0.2, 0.25) is 0 Å². The molecule has 1 unspecified atom stereocenters. The first-order valence-corrected chi connectivity index (χ1v) is 7.98. The molecule has 0 fully saturated rings. The van der Waals surface area contributed by atoms with Gasteiger partial charge in [-0.15, -0.1) is 0 Å². The van der Waals surface area contributed by atoms with E-state index in [9.17, 15) is 9.90 Å². The number of aromatic hydroxyl groups is 1.